The number of piperidine rings is 1. The third-order valence-corrected chi connectivity index (χ3v) is 7.25. The van der Waals surface area contributed by atoms with Gasteiger partial charge in [-0.15, -0.1) is 0 Å². The highest BCUT2D eigenvalue weighted by molar-refractivity contribution is 7.92. The van der Waals surface area contributed by atoms with Gasteiger partial charge in [-0.05, 0) is 49.9 Å². The molecule has 2 fully saturated rings. The average Bonchev–Trinajstić information content (AvgIpc) is 2.61. The van der Waals surface area contributed by atoms with Gasteiger partial charge in [0.05, 0.1) is 11.8 Å². The molecule has 8 nitrogen and oxygen atoms in total. The Labute approximate surface area is 158 Å². The van der Waals surface area contributed by atoms with Gasteiger partial charge in [0.15, 0.2) is 15.1 Å². The Bertz CT molecular complexity index is 850. The van der Waals surface area contributed by atoms with Crippen LogP contribution >= 0.6 is 0 Å². The maximum absolute atomic E-state index is 12.5. The number of nitrogens with zero attached hydrogens (tertiary/aromatic N) is 1. The molecular formula is C18H23N3O5S. The van der Waals surface area contributed by atoms with Crippen LogP contribution < -0.4 is 16.0 Å². The lowest BCUT2D eigenvalue weighted by Gasteiger charge is -2.30. The van der Waals surface area contributed by atoms with Crippen molar-refractivity contribution in [1.29, 1.82) is 0 Å². The van der Waals surface area contributed by atoms with Crippen LogP contribution in [0.2, 0.25) is 0 Å². The molecule has 27 heavy (non-hydrogen) atoms. The van der Waals surface area contributed by atoms with Crippen LogP contribution in [0.25, 0.3) is 0 Å². The highest BCUT2D eigenvalue weighted by Gasteiger charge is 2.42. The summed E-state index contributed by atoms with van der Waals surface area (Å²) in [5.41, 5.74) is 6.31. The van der Waals surface area contributed by atoms with Gasteiger partial charge in [0, 0.05) is 24.2 Å². The van der Waals surface area contributed by atoms with E-state index in [1.807, 2.05) is 0 Å². The van der Waals surface area contributed by atoms with Crippen molar-refractivity contribution in [3.63, 3.8) is 0 Å². The second kappa shape index (κ2) is 7.67. The van der Waals surface area contributed by atoms with Crippen molar-refractivity contribution in [2.75, 3.05) is 17.2 Å². The van der Waals surface area contributed by atoms with Gasteiger partial charge in [0.25, 0.3) is 5.91 Å². The lowest BCUT2D eigenvalue weighted by atomic mass is 10.1. The second-order valence-electron chi connectivity index (χ2n) is 6.96. The van der Waals surface area contributed by atoms with Crippen molar-refractivity contribution in [1.82, 2.24) is 5.32 Å². The van der Waals surface area contributed by atoms with Gasteiger partial charge in [-0.2, -0.15) is 0 Å². The van der Waals surface area contributed by atoms with E-state index < -0.39 is 32.9 Å². The smallest absolute Gasteiger partial charge is 0.251 e. The fourth-order valence-corrected chi connectivity index (χ4v) is 5.56. The quantitative estimate of drug-likeness (QED) is 0.764. The van der Waals surface area contributed by atoms with E-state index in [0.29, 0.717) is 31.4 Å². The van der Waals surface area contributed by atoms with Crippen LogP contribution in [0.4, 0.5) is 5.69 Å². The third kappa shape index (κ3) is 4.13. The third-order valence-electron chi connectivity index (χ3n) is 5.06. The van der Waals surface area contributed by atoms with Crippen LogP contribution in [0, 0.1) is 0 Å². The van der Waals surface area contributed by atoms with Gasteiger partial charge in [0.1, 0.15) is 0 Å². The van der Waals surface area contributed by atoms with Crippen molar-refractivity contribution in [3.8, 4) is 0 Å². The number of benzene rings is 1. The molecule has 2 unspecified atom stereocenters. The summed E-state index contributed by atoms with van der Waals surface area (Å²) in [5.74, 6) is -1.46. The van der Waals surface area contributed by atoms with E-state index in [0.717, 1.165) is 18.5 Å². The summed E-state index contributed by atoms with van der Waals surface area (Å²) in [6, 6.07) is 5.73. The summed E-state index contributed by atoms with van der Waals surface area (Å²) in [4.78, 5) is 37.8. The maximum Gasteiger partial charge on any atom is 0.251 e. The molecule has 0 radical (unpaired) electrons. The number of nitrogens with two attached hydrogens (primary N) is 1. The Balaban J connectivity index is 1.72. The molecule has 0 bridgehead atoms. The van der Waals surface area contributed by atoms with Crippen LogP contribution in [0.15, 0.2) is 24.3 Å². The van der Waals surface area contributed by atoms with E-state index in [-0.39, 0.29) is 11.7 Å². The summed E-state index contributed by atoms with van der Waals surface area (Å²) >= 11 is 0. The van der Waals surface area contributed by atoms with Crippen molar-refractivity contribution in [3.05, 3.63) is 29.8 Å². The Morgan fingerprint density at radius 3 is 2.44 bits per heavy atom. The molecule has 0 aromatic heterocycles. The molecule has 2 heterocycles. The Morgan fingerprint density at radius 1 is 1.11 bits per heavy atom. The number of rotatable bonds is 4. The highest BCUT2D eigenvalue weighted by atomic mass is 32.2. The van der Waals surface area contributed by atoms with Crippen LogP contribution in [0.1, 0.15) is 42.5 Å². The Morgan fingerprint density at radius 2 is 1.81 bits per heavy atom. The maximum atomic E-state index is 12.5. The molecule has 2 atom stereocenters. The first-order valence-corrected chi connectivity index (χ1v) is 10.7. The topological polar surface area (TPSA) is 127 Å². The SMILES string of the molecule is NC(=O)C1C(NC(=O)c2ccc(N3CCCCC3=O)cc2)CCCS1(=O)=O. The summed E-state index contributed by atoms with van der Waals surface area (Å²) < 4.78 is 24.2. The zero-order chi connectivity index (χ0) is 19.6. The minimum Gasteiger partial charge on any atom is -0.368 e. The molecule has 0 spiro atoms. The largest absolute Gasteiger partial charge is 0.368 e. The predicted molar refractivity (Wildman–Crippen MR) is 99.9 cm³/mol. The molecule has 1 aromatic carbocycles. The van der Waals surface area contributed by atoms with Crippen molar-refractivity contribution in [2.24, 2.45) is 5.73 Å². The van der Waals surface area contributed by atoms with Gasteiger partial charge in [-0.1, -0.05) is 0 Å². The van der Waals surface area contributed by atoms with Gasteiger partial charge >= 0.3 is 0 Å². The summed E-state index contributed by atoms with van der Waals surface area (Å²) in [6.45, 7) is 0.657. The number of carbonyl (C=O) groups excluding carboxylic acids is 3. The number of hydrogen-bond acceptors (Lipinski definition) is 5. The van der Waals surface area contributed by atoms with Gasteiger partial charge in [-0.3, -0.25) is 14.4 Å². The fraction of sp³-hybridized carbons (Fsp3) is 0.500. The molecular weight excluding hydrogens is 370 g/mol. The van der Waals surface area contributed by atoms with Crippen molar-refractivity contribution in [2.45, 2.75) is 43.4 Å². The molecule has 2 aliphatic heterocycles. The first-order valence-electron chi connectivity index (χ1n) is 9.02. The number of primary amides is 1. The minimum atomic E-state index is -3.66. The standard InChI is InChI=1S/C18H23N3O5S/c19-17(23)16-14(4-3-11-27(16,25)26)20-18(24)12-6-8-13(9-7-12)21-10-2-1-5-15(21)22/h6-9,14,16H,1-5,10-11H2,(H2,19,23)(H,20,24). The van der Waals surface area contributed by atoms with E-state index in [2.05, 4.69) is 5.32 Å². The summed E-state index contributed by atoms with van der Waals surface area (Å²) in [5, 5.41) is 1.23. The molecule has 9 heteroatoms. The first kappa shape index (κ1) is 19.3. The van der Waals surface area contributed by atoms with Gasteiger partial charge in [-0.25, -0.2) is 8.42 Å². The fourth-order valence-electron chi connectivity index (χ4n) is 3.68. The molecule has 2 saturated heterocycles. The van der Waals surface area contributed by atoms with E-state index in [4.69, 9.17) is 5.73 Å². The first-order chi connectivity index (χ1) is 12.8. The lowest BCUT2D eigenvalue weighted by molar-refractivity contribution is -0.119. The molecule has 0 aliphatic carbocycles. The van der Waals surface area contributed by atoms with Crippen LogP contribution in [-0.2, 0) is 19.4 Å². The van der Waals surface area contributed by atoms with Crippen molar-refractivity contribution < 1.29 is 22.8 Å². The van der Waals surface area contributed by atoms with Gasteiger partial charge in [0.2, 0.25) is 11.8 Å². The van der Waals surface area contributed by atoms with E-state index in [1.54, 1.807) is 29.2 Å². The summed E-state index contributed by atoms with van der Waals surface area (Å²) in [7, 11) is -3.66. The zero-order valence-corrected chi connectivity index (χ0v) is 15.7. The summed E-state index contributed by atoms with van der Waals surface area (Å²) in [6.07, 6.45) is 3.10. The van der Waals surface area contributed by atoms with Crippen LogP contribution in [0.5, 0.6) is 0 Å². The Hall–Kier alpha value is -2.42. The van der Waals surface area contributed by atoms with Crippen molar-refractivity contribution >= 4 is 33.2 Å². The monoisotopic (exact) mass is 393 g/mol. The normalized spacial score (nSPS) is 25.0. The number of anilines is 1. The molecule has 0 saturated carbocycles. The molecule has 3 amide bonds. The van der Waals surface area contributed by atoms with E-state index >= 15 is 0 Å². The predicted octanol–water partition coefficient (Wildman–Crippen LogP) is 0.364. The molecule has 146 valence electrons. The number of hydrogen-bond donors (Lipinski definition) is 2. The van der Waals surface area contributed by atoms with E-state index in [1.165, 1.54) is 0 Å². The van der Waals surface area contributed by atoms with E-state index in [9.17, 15) is 22.8 Å². The molecule has 2 aliphatic rings. The van der Waals surface area contributed by atoms with Crippen LogP contribution in [0.3, 0.4) is 0 Å². The van der Waals surface area contributed by atoms with Crippen LogP contribution in [-0.4, -0.2) is 49.7 Å². The number of amides is 3. The zero-order valence-electron chi connectivity index (χ0n) is 14.9. The lowest BCUT2D eigenvalue weighted by Crippen LogP contribution is -2.55. The number of carbonyl (C=O) groups is 3. The second-order valence-corrected chi connectivity index (χ2v) is 9.20. The highest BCUT2D eigenvalue weighted by Crippen LogP contribution is 2.23. The van der Waals surface area contributed by atoms with Gasteiger partial charge < -0.3 is 16.0 Å². The average molecular weight is 393 g/mol. The molecule has 3 N–H and O–H groups in total. The molecule has 3 rings (SSSR count). The number of sulfone groups is 1. The minimum absolute atomic E-state index is 0.0650. The molecule has 1 aromatic rings. The number of nitrogens with one attached hydrogen (secondary N) is 1. The Kier molecular flexibility index (Phi) is 5.50.